The molecule has 5 heteroatoms. The molecule has 0 aromatic heterocycles. The minimum absolute atomic E-state index is 0.0114. The van der Waals surface area contributed by atoms with Crippen LogP contribution in [-0.4, -0.2) is 30.4 Å². The SMILES string of the molecule is O=C1CCC(NC(=O)[C@@H]2Cc3ccccc3N2)CN1. The molecule has 1 aromatic carbocycles. The molecule has 2 aliphatic heterocycles. The van der Waals surface area contributed by atoms with Gasteiger partial charge in [-0.3, -0.25) is 9.59 Å². The Morgan fingerprint density at radius 2 is 2.16 bits per heavy atom. The molecule has 0 saturated carbocycles. The number of benzene rings is 1. The molecule has 2 heterocycles. The fraction of sp³-hybridized carbons (Fsp3) is 0.429. The topological polar surface area (TPSA) is 70.2 Å². The minimum Gasteiger partial charge on any atom is -0.373 e. The number of piperidine rings is 1. The highest BCUT2D eigenvalue weighted by Gasteiger charge is 2.28. The maximum Gasteiger partial charge on any atom is 0.243 e. The zero-order valence-electron chi connectivity index (χ0n) is 10.6. The Morgan fingerprint density at radius 3 is 2.89 bits per heavy atom. The number of hydrogen-bond donors (Lipinski definition) is 3. The maximum atomic E-state index is 12.2. The summed E-state index contributed by atoms with van der Waals surface area (Å²) < 4.78 is 0. The average molecular weight is 259 g/mol. The Balaban J connectivity index is 1.56. The summed E-state index contributed by atoms with van der Waals surface area (Å²) in [6.07, 6.45) is 1.93. The van der Waals surface area contributed by atoms with Crippen LogP contribution < -0.4 is 16.0 Å². The molecule has 19 heavy (non-hydrogen) atoms. The van der Waals surface area contributed by atoms with Gasteiger partial charge in [-0.15, -0.1) is 0 Å². The standard InChI is InChI=1S/C14H17N3O2/c18-13-6-5-10(8-15-13)16-14(19)12-7-9-3-1-2-4-11(9)17-12/h1-4,10,12,17H,5-8H2,(H,15,18)(H,16,19)/t10?,12-/m0/s1. The van der Waals surface area contributed by atoms with Crippen molar-refractivity contribution in [2.24, 2.45) is 0 Å². The molecule has 1 aromatic rings. The first-order chi connectivity index (χ1) is 9.22. The second-order valence-electron chi connectivity index (χ2n) is 5.11. The Morgan fingerprint density at radius 1 is 1.32 bits per heavy atom. The van der Waals surface area contributed by atoms with Crippen molar-refractivity contribution in [2.75, 3.05) is 11.9 Å². The fourth-order valence-corrected chi connectivity index (χ4v) is 2.61. The van der Waals surface area contributed by atoms with Crippen LogP contribution in [0.1, 0.15) is 18.4 Å². The number of carbonyl (C=O) groups excluding carboxylic acids is 2. The van der Waals surface area contributed by atoms with E-state index >= 15 is 0 Å². The zero-order chi connectivity index (χ0) is 13.2. The number of fused-ring (bicyclic) bond motifs is 1. The Bertz CT molecular complexity index is 480. The maximum absolute atomic E-state index is 12.2. The number of amides is 2. The van der Waals surface area contributed by atoms with Crippen LogP contribution in [0.2, 0.25) is 0 Å². The Hall–Kier alpha value is -2.04. The van der Waals surface area contributed by atoms with Gasteiger partial charge in [0.25, 0.3) is 0 Å². The average Bonchev–Trinajstić information content (AvgIpc) is 2.85. The quantitative estimate of drug-likeness (QED) is 0.721. The molecule has 0 aliphatic carbocycles. The van der Waals surface area contributed by atoms with Gasteiger partial charge in [0.05, 0.1) is 0 Å². The van der Waals surface area contributed by atoms with Crippen molar-refractivity contribution in [1.82, 2.24) is 10.6 Å². The summed E-state index contributed by atoms with van der Waals surface area (Å²) in [5.74, 6) is 0.0780. The van der Waals surface area contributed by atoms with Crippen LogP contribution in [0.25, 0.3) is 0 Å². The second-order valence-corrected chi connectivity index (χ2v) is 5.11. The van der Waals surface area contributed by atoms with Crippen LogP contribution in [0.15, 0.2) is 24.3 Å². The number of anilines is 1. The Kier molecular flexibility index (Phi) is 3.11. The van der Waals surface area contributed by atoms with Crippen molar-refractivity contribution in [2.45, 2.75) is 31.3 Å². The van der Waals surface area contributed by atoms with Gasteiger partial charge in [0.1, 0.15) is 6.04 Å². The summed E-state index contributed by atoms with van der Waals surface area (Å²) in [7, 11) is 0. The van der Waals surface area contributed by atoms with E-state index < -0.39 is 0 Å². The van der Waals surface area contributed by atoms with Gasteiger partial charge < -0.3 is 16.0 Å². The number of carbonyl (C=O) groups is 2. The monoisotopic (exact) mass is 259 g/mol. The van der Waals surface area contributed by atoms with E-state index in [0.29, 0.717) is 13.0 Å². The summed E-state index contributed by atoms with van der Waals surface area (Å²) in [5, 5.41) is 9.00. The number of nitrogens with one attached hydrogen (secondary N) is 3. The van der Waals surface area contributed by atoms with Crippen LogP contribution in [0, 0.1) is 0 Å². The molecule has 3 N–H and O–H groups in total. The molecule has 0 spiro atoms. The van der Waals surface area contributed by atoms with Crippen molar-refractivity contribution >= 4 is 17.5 Å². The predicted molar refractivity (Wildman–Crippen MR) is 71.7 cm³/mol. The van der Waals surface area contributed by atoms with Crippen LogP contribution in [0.3, 0.4) is 0 Å². The highest BCUT2D eigenvalue weighted by Crippen LogP contribution is 2.25. The first-order valence-corrected chi connectivity index (χ1v) is 6.64. The third-order valence-corrected chi connectivity index (χ3v) is 3.70. The van der Waals surface area contributed by atoms with Crippen molar-refractivity contribution < 1.29 is 9.59 Å². The van der Waals surface area contributed by atoms with Gasteiger partial charge >= 0.3 is 0 Å². The van der Waals surface area contributed by atoms with Crippen molar-refractivity contribution in [3.05, 3.63) is 29.8 Å². The van der Waals surface area contributed by atoms with Gasteiger partial charge in [-0.1, -0.05) is 18.2 Å². The summed E-state index contributed by atoms with van der Waals surface area (Å²) in [6.45, 7) is 0.532. The number of rotatable bonds is 2. The first-order valence-electron chi connectivity index (χ1n) is 6.64. The van der Waals surface area contributed by atoms with Crippen LogP contribution in [0.5, 0.6) is 0 Å². The van der Waals surface area contributed by atoms with Gasteiger partial charge in [-0.25, -0.2) is 0 Å². The van der Waals surface area contributed by atoms with Crippen molar-refractivity contribution in [1.29, 1.82) is 0 Å². The summed E-state index contributed by atoms with van der Waals surface area (Å²) in [6, 6.07) is 7.82. The third kappa shape index (κ3) is 2.54. The van der Waals surface area contributed by atoms with Gasteiger partial charge in [0.2, 0.25) is 11.8 Å². The first kappa shape index (κ1) is 12.0. The summed E-state index contributed by atoms with van der Waals surface area (Å²) in [5.41, 5.74) is 2.22. The summed E-state index contributed by atoms with van der Waals surface area (Å²) >= 11 is 0. The van der Waals surface area contributed by atoms with E-state index in [0.717, 1.165) is 18.5 Å². The van der Waals surface area contributed by atoms with Crippen molar-refractivity contribution in [3.63, 3.8) is 0 Å². The molecule has 3 rings (SSSR count). The molecule has 2 amide bonds. The van der Waals surface area contributed by atoms with E-state index in [9.17, 15) is 9.59 Å². The summed E-state index contributed by atoms with van der Waals surface area (Å²) in [4.78, 5) is 23.2. The molecule has 0 radical (unpaired) electrons. The lowest BCUT2D eigenvalue weighted by Crippen LogP contribution is -2.51. The molecular formula is C14H17N3O2. The largest absolute Gasteiger partial charge is 0.373 e. The van der Waals surface area contributed by atoms with E-state index in [1.165, 1.54) is 5.56 Å². The van der Waals surface area contributed by atoms with Gasteiger partial charge in [0.15, 0.2) is 0 Å². The van der Waals surface area contributed by atoms with E-state index in [2.05, 4.69) is 16.0 Å². The predicted octanol–water partition coefficient (Wildman–Crippen LogP) is 0.418. The fourth-order valence-electron chi connectivity index (χ4n) is 2.61. The molecule has 0 bridgehead atoms. The zero-order valence-corrected chi connectivity index (χ0v) is 10.6. The third-order valence-electron chi connectivity index (χ3n) is 3.70. The molecular weight excluding hydrogens is 242 g/mol. The Labute approximate surface area is 111 Å². The second kappa shape index (κ2) is 4.91. The van der Waals surface area contributed by atoms with Gasteiger partial charge in [-0.05, 0) is 18.1 Å². The highest BCUT2D eigenvalue weighted by atomic mass is 16.2. The minimum atomic E-state index is -0.199. The van der Waals surface area contributed by atoms with Crippen LogP contribution >= 0.6 is 0 Å². The van der Waals surface area contributed by atoms with Crippen LogP contribution in [-0.2, 0) is 16.0 Å². The molecule has 1 saturated heterocycles. The van der Waals surface area contributed by atoms with Crippen molar-refractivity contribution in [3.8, 4) is 0 Å². The molecule has 5 nitrogen and oxygen atoms in total. The van der Waals surface area contributed by atoms with E-state index in [4.69, 9.17) is 0 Å². The lowest BCUT2D eigenvalue weighted by atomic mass is 10.1. The number of hydrogen-bond acceptors (Lipinski definition) is 3. The van der Waals surface area contributed by atoms with E-state index in [1.807, 2.05) is 24.3 Å². The normalized spacial score (nSPS) is 25.2. The van der Waals surface area contributed by atoms with Gasteiger partial charge in [0, 0.05) is 31.1 Å². The van der Waals surface area contributed by atoms with Gasteiger partial charge in [-0.2, -0.15) is 0 Å². The molecule has 2 atom stereocenters. The lowest BCUT2D eigenvalue weighted by Gasteiger charge is -2.25. The highest BCUT2D eigenvalue weighted by molar-refractivity contribution is 5.88. The molecule has 2 aliphatic rings. The van der Waals surface area contributed by atoms with Crippen LogP contribution in [0.4, 0.5) is 5.69 Å². The molecule has 100 valence electrons. The number of para-hydroxylation sites is 1. The molecule has 1 fully saturated rings. The molecule has 1 unspecified atom stereocenters. The lowest BCUT2D eigenvalue weighted by molar-refractivity contribution is -0.126. The van der Waals surface area contributed by atoms with E-state index in [1.54, 1.807) is 0 Å². The van der Waals surface area contributed by atoms with E-state index in [-0.39, 0.29) is 23.9 Å². The smallest absolute Gasteiger partial charge is 0.243 e.